The molecule has 0 unspecified atom stereocenters. The normalized spacial score (nSPS) is 9.95. The first-order valence-electron chi connectivity index (χ1n) is 6.50. The number of nitrogens with zero attached hydrogens (tertiary/aromatic N) is 1. The highest BCUT2D eigenvalue weighted by Crippen LogP contribution is 2.22. The molecule has 0 bridgehead atoms. The van der Waals surface area contributed by atoms with Crippen LogP contribution in [0.5, 0.6) is 0 Å². The van der Waals surface area contributed by atoms with E-state index in [-0.39, 0.29) is 5.82 Å². The van der Waals surface area contributed by atoms with Gasteiger partial charge in [0.1, 0.15) is 5.82 Å². The number of benzene rings is 1. The molecule has 0 spiro atoms. The third-order valence-electron chi connectivity index (χ3n) is 2.98. The van der Waals surface area contributed by atoms with Crippen molar-refractivity contribution in [1.29, 1.82) is 0 Å². The Kier molecular flexibility index (Phi) is 5.16. The molecule has 0 atom stereocenters. The zero-order valence-corrected chi connectivity index (χ0v) is 12.2. The Bertz CT molecular complexity index is 607. The number of rotatable bonds is 4. The first-order chi connectivity index (χ1) is 9.74. The minimum absolute atomic E-state index is 0.213. The molecule has 0 saturated carbocycles. The predicted molar refractivity (Wildman–Crippen MR) is 83.4 cm³/mol. The lowest BCUT2D eigenvalue weighted by molar-refractivity contribution is 0.627. The van der Waals surface area contributed by atoms with Crippen LogP contribution in [0.25, 0.3) is 0 Å². The highest BCUT2D eigenvalue weighted by atomic mass is 32.1. The van der Waals surface area contributed by atoms with Gasteiger partial charge in [-0.3, -0.25) is 0 Å². The lowest BCUT2D eigenvalue weighted by atomic mass is 10.2. The molecule has 0 fully saturated rings. The number of hydrogen-bond donors (Lipinski definition) is 1. The van der Waals surface area contributed by atoms with Crippen molar-refractivity contribution in [1.82, 2.24) is 0 Å². The number of nitrogens with two attached hydrogens (primary N) is 1. The van der Waals surface area contributed by atoms with Crippen molar-refractivity contribution in [2.24, 2.45) is 5.73 Å². The molecule has 0 aliphatic rings. The maximum absolute atomic E-state index is 13.0. The van der Waals surface area contributed by atoms with Gasteiger partial charge in [-0.1, -0.05) is 11.8 Å². The monoisotopic (exact) mass is 288 g/mol. The molecule has 1 aromatic heterocycles. The zero-order valence-electron chi connectivity index (χ0n) is 11.4. The summed E-state index contributed by atoms with van der Waals surface area (Å²) < 4.78 is 13.0. The smallest absolute Gasteiger partial charge is 0.123 e. The zero-order chi connectivity index (χ0) is 14.4. The molecule has 0 aliphatic carbocycles. The van der Waals surface area contributed by atoms with Crippen molar-refractivity contribution >= 4 is 17.0 Å². The molecule has 0 radical (unpaired) electrons. The molecule has 20 heavy (non-hydrogen) atoms. The molecule has 2 rings (SSSR count). The number of halogens is 1. The molecule has 1 heterocycles. The van der Waals surface area contributed by atoms with Gasteiger partial charge in [0.2, 0.25) is 0 Å². The van der Waals surface area contributed by atoms with Crippen LogP contribution in [0.4, 0.5) is 10.1 Å². The van der Waals surface area contributed by atoms with Crippen LogP contribution in [-0.2, 0) is 6.54 Å². The van der Waals surface area contributed by atoms with E-state index in [1.54, 1.807) is 23.5 Å². The molecule has 0 aliphatic heterocycles. The molecular formula is C16H17FN2S. The molecule has 0 amide bonds. The average molecular weight is 288 g/mol. The predicted octanol–water partition coefficient (Wildman–Crippen LogP) is 3.22. The van der Waals surface area contributed by atoms with E-state index in [0.717, 1.165) is 24.3 Å². The summed E-state index contributed by atoms with van der Waals surface area (Å²) in [5.41, 5.74) is 7.45. The van der Waals surface area contributed by atoms with E-state index >= 15 is 0 Å². The molecule has 0 saturated heterocycles. The van der Waals surface area contributed by atoms with Crippen LogP contribution in [0.3, 0.4) is 0 Å². The van der Waals surface area contributed by atoms with Gasteiger partial charge in [0.05, 0.1) is 13.1 Å². The van der Waals surface area contributed by atoms with Crippen LogP contribution in [-0.4, -0.2) is 13.1 Å². The average Bonchev–Trinajstić information content (AvgIpc) is 2.91. The van der Waals surface area contributed by atoms with Crippen molar-refractivity contribution in [2.45, 2.75) is 13.5 Å². The van der Waals surface area contributed by atoms with Crippen molar-refractivity contribution in [3.8, 4) is 11.8 Å². The van der Waals surface area contributed by atoms with Crippen LogP contribution in [0.1, 0.15) is 17.4 Å². The van der Waals surface area contributed by atoms with Gasteiger partial charge in [0.15, 0.2) is 0 Å². The van der Waals surface area contributed by atoms with Crippen LogP contribution < -0.4 is 10.6 Å². The summed E-state index contributed by atoms with van der Waals surface area (Å²) in [6.45, 7) is 4.08. The second kappa shape index (κ2) is 7.09. The van der Waals surface area contributed by atoms with E-state index < -0.39 is 0 Å². The van der Waals surface area contributed by atoms with Crippen molar-refractivity contribution in [3.05, 3.63) is 52.0 Å². The van der Waals surface area contributed by atoms with Gasteiger partial charge in [0.25, 0.3) is 0 Å². The lowest BCUT2D eigenvalue weighted by Crippen LogP contribution is -2.21. The van der Waals surface area contributed by atoms with Crippen LogP contribution in [0.2, 0.25) is 0 Å². The topological polar surface area (TPSA) is 29.3 Å². The number of thiophene rings is 1. The second-order valence-corrected chi connectivity index (χ2v) is 5.25. The maximum atomic E-state index is 13.0. The Balaban J connectivity index is 2.18. The molecule has 1 aromatic carbocycles. The third kappa shape index (κ3) is 3.60. The van der Waals surface area contributed by atoms with Gasteiger partial charge < -0.3 is 10.6 Å². The molecule has 4 heteroatoms. The van der Waals surface area contributed by atoms with Gasteiger partial charge in [-0.15, -0.1) is 11.3 Å². The van der Waals surface area contributed by atoms with Gasteiger partial charge >= 0.3 is 0 Å². The SMILES string of the molecule is CCN(Cc1sccc1C#CCN)c1ccc(F)cc1. The summed E-state index contributed by atoms with van der Waals surface area (Å²) in [5.74, 6) is 5.77. The van der Waals surface area contributed by atoms with E-state index in [9.17, 15) is 4.39 Å². The largest absolute Gasteiger partial charge is 0.367 e. The first kappa shape index (κ1) is 14.6. The number of anilines is 1. The van der Waals surface area contributed by atoms with Crippen molar-refractivity contribution in [3.63, 3.8) is 0 Å². The van der Waals surface area contributed by atoms with Gasteiger partial charge in [-0.25, -0.2) is 4.39 Å². The lowest BCUT2D eigenvalue weighted by Gasteiger charge is -2.22. The maximum Gasteiger partial charge on any atom is 0.123 e. The Morgan fingerprint density at radius 2 is 2.00 bits per heavy atom. The highest BCUT2D eigenvalue weighted by Gasteiger charge is 2.09. The Labute approximate surface area is 123 Å². The molecule has 2 N–H and O–H groups in total. The van der Waals surface area contributed by atoms with E-state index in [2.05, 4.69) is 23.7 Å². The number of hydrogen-bond acceptors (Lipinski definition) is 3. The fourth-order valence-corrected chi connectivity index (χ4v) is 2.78. The quantitative estimate of drug-likeness (QED) is 0.875. The molecule has 2 aromatic rings. The fraction of sp³-hybridized carbons (Fsp3) is 0.250. The summed E-state index contributed by atoms with van der Waals surface area (Å²) >= 11 is 1.68. The van der Waals surface area contributed by atoms with Gasteiger partial charge in [-0.2, -0.15) is 0 Å². The van der Waals surface area contributed by atoms with E-state index in [0.29, 0.717) is 6.54 Å². The van der Waals surface area contributed by atoms with E-state index in [4.69, 9.17) is 5.73 Å². The standard InChI is InChI=1S/C16H17FN2S/c1-2-19(15-7-5-14(17)6-8-15)12-16-13(4-3-10-18)9-11-20-16/h5-9,11H,2,10,12,18H2,1H3. The fourth-order valence-electron chi connectivity index (χ4n) is 1.93. The van der Waals surface area contributed by atoms with Crippen LogP contribution in [0, 0.1) is 17.7 Å². The molecule has 104 valence electrons. The third-order valence-corrected chi connectivity index (χ3v) is 3.88. The highest BCUT2D eigenvalue weighted by molar-refractivity contribution is 7.10. The van der Waals surface area contributed by atoms with Crippen molar-refractivity contribution < 1.29 is 4.39 Å². The van der Waals surface area contributed by atoms with Crippen LogP contribution >= 0.6 is 11.3 Å². The van der Waals surface area contributed by atoms with Gasteiger partial charge in [0, 0.05) is 22.7 Å². The summed E-state index contributed by atoms with van der Waals surface area (Å²) in [6, 6.07) is 8.60. The Hall–Kier alpha value is -1.83. The van der Waals surface area contributed by atoms with Crippen molar-refractivity contribution in [2.75, 3.05) is 18.0 Å². The minimum atomic E-state index is -0.213. The van der Waals surface area contributed by atoms with E-state index in [1.807, 2.05) is 11.4 Å². The molecule has 2 nitrogen and oxygen atoms in total. The van der Waals surface area contributed by atoms with Gasteiger partial charge in [-0.05, 0) is 42.6 Å². The first-order valence-corrected chi connectivity index (χ1v) is 7.38. The minimum Gasteiger partial charge on any atom is -0.367 e. The summed E-state index contributed by atoms with van der Waals surface area (Å²) in [5, 5.41) is 2.04. The van der Waals surface area contributed by atoms with Crippen LogP contribution in [0.15, 0.2) is 35.7 Å². The second-order valence-electron chi connectivity index (χ2n) is 4.25. The Morgan fingerprint density at radius 3 is 2.65 bits per heavy atom. The summed E-state index contributed by atoms with van der Waals surface area (Å²) in [4.78, 5) is 3.40. The Morgan fingerprint density at radius 1 is 1.25 bits per heavy atom. The molecular weight excluding hydrogens is 271 g/mol. The summed E-state index contributed by atoms with van der Waals surface area (Å²) in [7, 11) is 0. The van der Waals surface area contributed by atoms with E-state index in [1.165, 1.54) is 17.0 Å². The summed E-state index contributed by atoms with van der Waals surface area (Å²) in [6.07, 6.45) is 0.